The lowest BCUT2D eigenvalue weighted by atomic mass is 10.1. The molecule has 0 aromatic heterocycles. The average molecular weight is 529 g/mol. The Balaban J connectivity index is 0. The van der Waals surface area contributed by atoms with E-state index in [0.29, 0.717) is 0 Å². The van der Waals surface area contributed by atoms with Gasteiger partial charge in [0.1, 0.15) is 0 Å². The maximum atomic E-state index is 2.77. The topological polar surface area (TPSA) is 30.0 Å². The third-order valence-corrected chi connectivity index (χ3v) is 12.6. The highest BCUT2D eigenvalue weighted by atomic mass is 31.2. The zero-order chi connectivity index (χ0) is 25.7. The van der Waals surface area contributed by atoms with Crippen molar-refractivity contribution in [1.82, 2.24) is 0 Å². The number of unbranched alkanes of at least 4 members (excludes halogenated alkanes) is 24. The summed E-state index contributed by atoms with van der Waals surface area (Å²) in [5.41, 5.74) is 0. The molecule has 0 rings (SSSR count). The lowest BCUT2D eigenvalue weighted by Crippen LogP contribution is -2.08. The van der Waals surface area contributed by atoms with Gasteiger partial charge in [-0.05, 0) is 38.5 Å². The summed E-state index contributed by atoms with van der Waals surface area (Å²) >= 11 is 0. The molecule has 0 heterocycles. The molecule has 0 aromatic carbocycles. The predicted molar refractivity (Wildman–Crippen MR) is 171 cm³/mol. The molecule has 0 saturated heterocycles. The van der Waals surface area contributed by atoms with Crippen LogP contribution in [0.5, 0.6) is 0 Å². The molecule has 0 amide bonds. The summed E-state index contributed by atoms with van der Waals surface area (Å²) in [5.74, 6) is 0. The van der Waals surface area contributed by atoms with Crippen LogP contribution >= 0.6 is 7.26 Å². The predicted octanol–water partition coefficient (Wildman–Crippen LogP) is 13.0. The Labute approximate surface area is 231 Å². The molecule has 0 aliphatic rings. The highest BCUT2D eigenvalue weighted by molar-refractivity contribution is 7.75. The van der Waals surface area contributed by atoms with Crippen molar-refractivity contribution in [1.29, 1.82) is 0 Å². The van der Waals surface area contributed by atoms with Crippen LogP contribution in [0, 0.1) is 0 Å². The summed E-state index contributed by atoms with van der Waals surface area (Å²) in [4.78, 5) is 0. The van der Waals surface area contributed by atoms with Gasteiger partial charge in [-0.1, -0.05) is 156 Å². The normalized spacial score (nSPS) is 11.7. The van der Waals surface area contributed by atoms with Crippen molar-refractivity contribution in [3.05, 3.63) is 0 Å². The Morgan fingerprint density at radius 2 is 0.444 bits per heavy atom. The molecule has 0 spiro atoms. The fraction of sp³-hybridized carbons (Fsp3) is 1.00. The van der Waals surface area contributed by atoms with E-state index in [0.717, 1.165) is 0 Å². The van der Waals surface area contributed by atoms with E-state index in [9.17, 15) is 0 Å². The fourth-order valence-corrected chi connectivity index (χ4v) is 9.38. The van der Waals surface area contributed by atoms with Crippen molar-refractivity contribution in [2.75, 3.05) is 25.2 Å². The van der Waals surface area contributed by atoms with Gasteiger partial charge in [-0.2, -0.15) is 0 Å². The molecule has 0 atom stereocenters. The second-order valence-electron chi connectivity index (χ2n) is 12.3. The minimum atomic E-state index is -0.681. The summed E-state index contributed by atoms with van der Waals surface area (Å²) in [6.07, 6.45) is 44.7. The second-order valence-corrected chi connectivity index (χ2v) is 16.9. The third-order valence-electron chi connectivity index (χ3n) is 8.40. The Bertz CT molecular complexity index is 328. The van der Waals surface area contributed by atoms with Crippen molar-refractivity contribution in [2.24, 2.45) is 0 Å². The first-order valence-electron chi connectivity index (χ1n) is 17.0. The number of hydrogen-bond acceptors (Lipinski definition) is 1. The smallest absolute Gasteiger partial charge is 0.0591 e. The summed E-state index contributed by atoms with van der Waals surface area (Å²) < 4.78 is 0. The molecule has 36 heavy (non-hydrogen) atoms. The highest BCUT2D eigenvalue weighted by Gasteiger charge is 2.29. The molecule has 1 nitrogen and oxygen atoms in total. The zero-order valence-corrected chi connectivity index (χ0v) is 27.0. The Hall–Kier alpha value is 0.390. The summed E-state index contributed by atoms with van der Waals surface area (Å²) in [6.45, 7) is 9.74. The monoisotopic (exact) mass is 529 g/mol. The van der Waals surface area contributed by atoms with Gasteiger partial charge in [0.15, 0.2) is 0 Å². The van der Waals surface area contributed by atoms with Crippen molar-refractivity contribution in [3.8, 4) is 0 Å². The molecular formula is C34H73OP. The van der Waals surface area contributed by atoms with E-state index in [4.69, 9.17) is 0 Å². The highest BCUT2D eigenvalue weighted by Crippen LogP contribution is 2.57. The summed E-state index contributed by atoms with van der Waals surface area (Å²) in [6, 6.07) is 0. The van der Waals surface area contributed by atoms with E-state index in [-0.39, 0.29) is 5.48 Å². The fourth-order valence-electron chi connectivity index (χ4n) is 5.75. The number of rotatable bonds is 30. The molecule has 0 aliphatic heterocycles. The molecule has 0 fully saturated rings. The Kier molecular flexibility index (Phi) is 33.8. The van der Waals surface area contributed by atoms with Crippen molar-refractivity contribution < 1.29 is 5.48 Å². The molecule has 0 radical (unpaired) electrons. The van der Waals surface area contributed by atoms with E-state index in [1.807, 2.05) is 0 Å². The van der Waals surface area contributed by atoms with E-state index in [2.05, 4.69) is 27.4 Å². The van der Waals surface area contributed by atoms with Crippen LogP contribution in [0.2, 0.25) is 0 Å². The van der Waals surface area contributed by atoms with Crippen LogP contribution in [0.15, 0.2) is 0 Å². The first-order chi connectivity index (χ1) is 17.2. The molecule has 0 bridgehead atoms. The standard InChI is InChI=1S/C34H72P.H2O/c1-5-8-11-14-17-20-23-26-29-32-35(4,33-30-27-24-21-18-15-12-9-6-2)34-31-28-25-22-19-16-13-10-7-3;/h5-34H2,1-4H3;1H2/q+1;/p-1. The van der Waals surface area contributed by atoms with Crippen LogP contribution in [-0.4, -0.2) is 30.6 Å². The lowest BCUT2D eigenvalue weighted by Gasteiger charge is -2.24. The minimum absolute atomic E-state index is 0. The SMILES string of the molecule is CCCCCCCCCCC[P+](C)(CCCCCCCCCCC)CCCCCCCCCCC.[OH-]. The van der Waals surface area contributed by atoms with Gasteiger partial charge in [-0.15, -0.1) is 0 Å². The quantitative estimate of drug-likeness (QED) is 0.0673. The molecule has 0 unspecified atom stereocenters. The number of hydrogen-bond donors (Lipinski definition) is 0. The zero-order valence-electron chi connectivity index (χ0n) is 26.1. The van der Waals surface area contributed by atoms with Gasteiger partial charge in [0.05, 0.1) is 18.5 Å². The van der Waals surface area contributed by atoms with Crippen molar-refractivity contribution in [3.63, 3.8) is 0 Å². The minimum Gasteiger partial charge on any atom is -0.870 e. The molecule has 0 aromatic rings. The van der Waals surface area contributed by atoms with Gasteiger partial charge in [0, 0.05) is 13.9 Å². The van der Waals surface area contributed by atoms with E-state index >= 15 is 0 Å². The van der Waals surface area contributed by atoms with E-state index < -0.39 is 7.26 Å². The molecular weight excluding hydrogens is 455 g/mol. The van der Waals surface area contributed by atoms with Crippen LogP contribution < -0.4 is 0 Å². The van der Waals surface area contributed by atoms with Gasteiger partial charge in [-0.25, -0.2) is 0 Å². The van der Waals surface area contributed by atoms with E-state index in [1.54, 1.807) is 18.5 Å². The first-order valence-corrected chi connectivity index (χ1v) is 19.8. The average Bonchev–Trinajstić information content (AvgIpc) is 2.86. The maximum Gasteiger partial charge on any atom is 0.0591 e. The van der Waals surface area contributed by atoms with E-state index in [1.165, 1.54) is 173 Å². The Morgan fingerprint density at radius 3 is 0.639 bits per heavy atom. The van der Waals surface area contributed by atoms with Crippen molar-refractivity contribution in [2.45, 2.75) is 194 Å². The lowest BCUT2D eigenvalue weighted by molar-refractivity contribution is 0.568. The largest absolute Gasteiger partial charge is 0.870 e. The molecule has 2 heteroatoms. The van der Waals surface area contributed by atoms with Gasteiger partial charge in [0.2, 0.25) is 0 Å². The summed E-state index contributed by atoms with van der Waals surface area (Å²) in [5, 5.41) is 0. The Morgan fingerprint density at radius 1 is 0.278 bits per heavy atom. The maximum absolute atomic E-state index is 2.77. The van der Waals surface area contributed by atoms with Crippen LogP contribution in [0.4, 0.5) is 0 Å². The second kappa shape index (κ2) is 31.6. The first kappa shape index (κ1) is 38.5. The summed E-state index contributed by atoms with van der Waals surface area (Å²) in [7, 11) is -0.681. The third kappa shape index (κ3) is 29.0. The molecule has 0 saturated carbocycles. The molecule has 1 N–H and O–H groups in total. The van der Waals surface area contributed by atoms with Gasteiger partial charge in [0.25, 0.3) is 0 Å². The van der Waals surface area contributed by atoms with Crippen LogP contribution in [0.1, 0.15) is 194 Å². The molecule has 0 aliphatic carbocycles. The molecule has 220 valence electrons. The van der Waals surface area contributed by atoms with Gasteiger partial charge >= 0.3 is 0 Å². The van der Waals surface area contributed by atoms with Crippen LogP contribution in [0.3, 0.4) is 0 Å². The van der Waals surface area contributed by atoms with Crippen molar-refractivity contribution >= 4 is 7.26 Å². The van der Waals surface area contributed by atoms with Crippen LogP contribution in [0.25, 0.3) is 0 Å². The van der Waals surface area contributed by atoms with Crippen LogP contribution in [-0.2, 0) is 0 Å². The van der Waals surface area contributed by atoms with Gasteiger partial charge < -0.3 is 5.48 Å². The van der Waals surface area contributed by atoms with Gasteiger partial charge in [-0.3, -0.25) is 0 Å².